The van der Waals surface area contributed by atoms with Crippen LogP contribution in [0.15, 0.2) is 22.7 Å². The third-order valence-electron chi connectivity index (χ3n) is 2.56. The van der Waals surface area contributed by atoms with Gasteiger partial charge in [0.05, 0.1) is 12.3 Å². The Labute approximate surface area is 99.4 Å². The molecule has 0 atom stereocenters. The molecule has 84 valence electrons. The van der Waals surface area contributed by atoms with Crippen molar-refractivity contribution in [3.05, 3.63) is 46.6 Å². The number of alkyl halides is 1. The van der Waals surface area contributed by atoms with Gasteiger partial charge in [0.2, 0.25) is 5.89 Å². The minimum atomic E-state index is 0.288. The third-order valence-corrected chi connectivity index (χ3v) is 2.80. The molecule has 0 radical (unpaired) electrons. The summed E-state index contributed by atoms with van der Waals surface area (Å²) in [7, 11) is 0. The SMILES string of the molecule is Cc1ccc(Cc2nc(CCl)no2)cc1C. The number of benzene rings is 1. The fourth-order valence-corrected chi connectivity index (χ4v) is 1.61. The molecule has 0 unspecified atom stereocenters. The molecule has 0 bridgehead atoms. The predicted octanol–water partition coefficient (Wildman–Crippen LogP) is 3.02. The van der Waals surface area contributed by atoms with E-state index in [2.05, 4.69) is 42.2 Å². The quantitative estimate of drug-likeness (QED) is 0.769. The van der Waals surface area contributed by atoms with Crippen molar-refractivity contribution in [2.24, 2.45) is 0 Å². The Hall–Kier alpha value is -1.35. The number of aromatic nitrogens is 2. The van der Waals surface area contributed by atoms with Gasteiger partial charge in [-0.3, -0.25) is 0 Å². The van der Waals surface area contributed by atoms with Crippen molar-refractivity contribution in [1.82, 2.24) is 10.1 Å². The summed E-state index contributed by atoms with van der Waals surface area (Å²) < 4.78 is 5.08. The normalized spacial score (nSPS) is 10.7. The highest BCUT2D eigenvalue weighted by molar-refractivity contribution is 6.16. The van der Waals surface area contributed by atoms with E-state index in [4.69, 9.17) is 16.1 Å². The third kappa shape index (κ3) is 2.42. The van der Waals surface area contributed by atoms with E-state index >= 15 is 0 Å². The number of aryl methyl sites for hydroxylation is 2. The largest absolute Gasteiger partial charge is 0.339 e. The van der Waals surface area contributed by atoms with Gasteiger partial charge in [-0.1, -0.05) is 23.4 Å². The zero-order valence-corrected chi connectivity index (χ0v) is 10.1. The van der Waals surface area contributed by atoms with Crippen LogP contribution in [0.25, 0.3) is 0 Å². The molecule has 16 heavy (non-hydrogen) atoms. The van der Waals surface area contributed by atoms with Crippen molar-refractivity contribution < 1.29 is 4.52 Å². The predicted molar refractivity (Wildman–Crippen MR) is 62.6 cm³/mol. The van der Waals surface area contributed by atoms with Gasteiger partial charge in [-0.15, -0.1) is 11.6 Å². The molecule has 0 aliphatic heterocycles. The fourth-order valence-electron chi connectivity index (χ4n) is 1.50. The second kappa shape index (κ2) is 4.66. The number of nitrogens with zero attached hydrogens (tertiary/aromatic N) is 2. The Morgan fingerprint density at radius 3 is 2.69 bits per heavy atom. The molecule has 0 spiro atoms. The molecule has 0 aliphatic carbocycles. The summed E-state index contributed by atoms with van der Waals surface area (Å²) in [5.41, 5.74) is 3.73. The zero-order chi connectivity index (χ0) is 11.5. The Balaban J connectivity index is 2.17. The van der Waals surface area contributed by atoms with E-state index in [1.807, 2.05) is 0 Å². The van der Waals surface area contributed by atoms with Crippen LogP contribution >= 0.6 is 11.6 Å². The zero-order valence-electron chi connectivity index (χ0n) is 9.33. The summed E-state index contributed by atoms with van der Waals surface area (Å²) >= 11 is 5.60. The lowest BCUT2D eigenvalue weighted by Crippen LogP contribution is -1.91. The van der Waals surface area contributed by atoms with E-state index in [-0.39, 0.29) is 5.88 Å². The molecule has 0 fully saturated rings. The summed E-state index contributed by atoms with van der Waals surface area (Å²) in [6.45, 7) is 4.19. The summed E-state index contributed by atoms with van der Waals surface area (Å²) in [6.07, 6.45) is 0.658. The van der Waals surface area contributed by atoms with Crippen LogP contribution in [-0.2, 0) is 12.3 Å². The molecule has 1 aromatic carbocycles. The van der Waals surface area contributed by atoms with Gasteiger partial charge in [-0.05, 0) is 30.5 Å². The average Bonchev–Trinajstić information content (AvgIpc) is 2.71. The number of hydrogen-bond donors (Lipinski definition) is 0. The molecule has 0 saturated carbocycles. The molecule has 1 heterocycles. The molecule has 3 nitrogen and oxygen atoms in total. The highest BCUT2D eigenvalue weighted by atomic mass is 35.5. The van der Waals surface area contributed by atoms with E-state index < -0.39 is 0 Å². The molecule has 0 amide bonds. The number of halogens is 1. The fraction of sp³-hybridized carbons (Fsp3) is 0.333. The number of rotatable bonds is 3. The number of hydrogen-bond acceptors (Lipinski definition) is 3. The van der Waals surface area contributed by atoms with Crippen LogP contribution in [0.1, 0.15) is 28.4 Å². The maximum Gasteiger partial charge on any atom is 0.231 e. The van der Waals surface area contributed by atoms with Crippen molar-refractivity contribution in [1.29, 1.82) is 0 Å². The summed E-state index contributed by atoms with van der Waals surface area (Å²) in [6, 6.07) is 6.32. The molecule has 0 aliphatic rings. The minimum absolute atomic E-state index is 0.288. The second-order valence-electron chi connectivity index (χ2n) is 3.83. The van der Waals surface area contributed by atoms with Gasteiger partial charge in [0, 0.05) is 0 Å². The molecule has 4 heteroatoms. The molecular weight excluding hydrogens is 224 g/mol. The lowest BCUT2D eigenvalue weighted by Gasteiger charge is -2.02. The van der Waals surface area contributed by atoms with Crippen LogP contribution in [-0.4, -0.2) is 10.1 Å². The summed E-state index contributed by atoms with van der Waals surface area (Å²) in [5.74, 6) is 1.44. The monoisotopic (exact) mass is 236 g/mol. The smallest absolute Gasteiger partial charge is 0.231 e. The van der Waals surface area contributed by atoms with Crippen molar-refractivity contribution in [3.63, 3.8) is 0 Å². The molecule has 0 N–H and O–H groups in total. The summed E-state index contributed by atoms with van der Waals surface area (Å²) in [5, 5.41) is 3.75. The Bertz CT molecular complexity index is 494. The van der Waals surface area contributed by atoms with Crippen molar-refractivity contribution >= 4 is 11.6 Å². The van der Waals surface area contributed by atoms with Gasteiger partial charge in [0.25, 0.3) is 0 Å². The van der Waals surface area contributed by atoms with Gasteiger partial charge in [0.15, 0.2) is 5.82 Å². The van der Waals surface area contributed by atoms with Gasteiger partial charge in [-0.25, -0.2) is 0 Å². The first-order chi connectivity index (χ1) is 7.69. The van der Waals surface area contributed by atoms with Crippen LogP contribution in [0.3, 0.4) is 0 Å². The summed E-state index contributed by atoms with van der Waals surface area (Å²) in [4.78, 5) is 4.17. The van der Waals surface area contributed by atoms with Crippen LogP contribution in [0.5, 0.6) is 0 Å². The standard InChI is InChI=1S/C12H13ClN2O/c1-8-3-4-10(5-9(8)2)6-12-14-11(7-13)15-16-12/h3-5H,6-7H2,1-2H3. The van der Waals surface area contributed by atoms with Gasteiger partial charge < -0.3 is 4.52 Å². The average molecular weight is 237 g/mol. The van der Waals surface area contributed by atoms with E-state index in [1.165, 1.54) is 16.7 Å². The van der Waals surface area contributed by atoms with E-state index in [1.54, 1.807) is 0 Å². The van der Waals surface area contributed by atoms with Crippen molar-refractivity contribution in [3.8, 4) is 0 Å². The van der Waals surface area contributed by atoms with Gasteiger partial charge in [-0.2, -0.15) is 4.98 Å². The van der Waals surface area contributed by atoms with E-state index in [0.29, 0.717) is 18.1 Å². The van der Waals surface area contributed by atoms with Crippen LogP contribution in [0.4, 0.5) is 0 Å². The van der Waals surface area contributed by atoms with Crippen molar-refractivity contribution in [2.75, 3.05) is 0 Å². The Morgan fingerprint density at radius 1 is 1.25 bits per heavy atom. The van der Waals surface area contributed by atoms with Crippen LogP contribution in [0.2, 0.25) is 0 Å². The molecule has 0 saturated heterocycles. The molecule has 2 aromatic rings. The molecule has 1 aromatic heterocycles. The Kier molecular flexibility index (Phi) is 3.25. The van der Waals surface area contributed by atoms with Crippen molar-refractivity contribution in [2.45, 2.75) is 26.1 Å². The lowest BCUT2D eigenvalue weighted by atomic mass is 10.0. The highest BCUT2D eigenvalue weighted by Crippen LogP contribution is 2.13. The molecular formula is C12H13ClN2O. The lowest BCUT2D eigenvalue weighted by molar-refractivity contribution is 0.381. The Morgan fingerprint density at radius 2 is 2.06 bits per heavy atom. The topological polar surface area (TPSA) is 38.9 Å². The second-order valence-corrected chi connectivity index (χ2v) is 4.10. The van der Waals surface area contributed by atoms with Gasteiger partial charge >= 0.3 is 0 Å². The maximum absolute atomic E-state index is 5.60. The van der Waals surface area contributed by atoms with Crippen LogP contribution < -0.4 is 0 Å². The van der Waals surface area contributed by atoms with E-state index in [0.717, 1.165) is 0 Å². The highest BCUT2D eigenvalue weighted by Gasteiger charge is 2.06. The van der Waals surface area contributed by atoms with E-state index in [9.17, 15) is 0 Å². The minimum Gasteiger partial charge on any atom is -0.339 e. The van der Waals surface area contributed by atoms with Crippen LogP contribution in [0, 0.1) is 13.8 Å². The first-order valence-electron chi connectivity index (χ1n) is 5.12. The first kappa shape index (κ1) is 11.1. The van der Waals surface area contributed by atoms with Gasteiger partial charge in [0.1, 0.15) is 0 Å². The first-order valence-corrected chi connectivity index (χ1v) is 5.66. The maximum atomic E-state index is 5.60. The molecule has 2 rings (SSSR count).